The highest BCUT2D eigenvalue weighted by atomic mass is 32.1. The maximum atomic E-state index is 5.08. The SMILES string of the molecule is CCCCCCCCC1(CCCCCCCC)c2cc(-c3ccccn3)ccc2-c2ccc(-c3nc4ccccc4s3)cc21. The first kappa shape index (κ1) is 30.7. The predicted molar refractivity (Wildman–Crippen MR) is 190 cm³/mol. The van der Waals surface area contributed by atoms with Gasteiger partial charge >= 0.3 is 0 Å². The lowest BCUT2D eigenvalue weighted by Gasteiger charge is -2.33. The van der Waals surface area contributed by atoms with E-state index in [1.54, 1.807) is 0 Å². The lowest BCUT2D eigenvalue weighted by Crippen LogP contribution is -2.25. The van der Waals surface area contributed by atoms with E-state index in [1.807, 2.05) is 23.6 Å². The predicted octanol–water partition coefficient (Wildman–Crippen LogP) is 12.8. The van der Waals surface area contributed by atoms with Gasteiger partial charge in [0, 0.05) is 22.7 Å². The van der Waals surface area contributed by atoms with E-state index in [9.17, 15) is 0 Å². The molecule has 0 N–H and O–H groups in total. The Kier molecular flexibility index (Phi) is 10.2. The van der Waals surface area contributed by atoms with Crippen LogP contribution in [0.1, 0.15) is 115 Å². The van der Waals surface area contributed by atoms with Crippen molar-refractivity contribution < 1.29 is 0 Å². The van der Waals surface area contributed by atoms with Crippen LogP contribution in [0.2, 0.25) is 0 Å². The maximum Gasteiger partial charge on any atom is 0.124 e. The Bertz CT molecular complexity index is 1600. The maximum absolute atomic E-state index is 5.08. The molecule has 0 fully saturated rings. The van der Waals surface area contributed by atoms with Crippen molar-refractivity contribution in [2.24, 2.45) is 0 Å². The van der Waals surface area contributed by atoms with E-state index in [0.717, 1.165) is 16.2 Å². The van der Waals surface area contributed by atoms with Gasteiger partial charge in [0.25, 0.3) is 0 Å². The summed E-state index contributed by atoms with van der Waals surface area (Å²) < 4.78 is 1.26. The van der Waals surface area contributed by atoms with Gasteiger partial charge in [-0.25, -0.2) is 4.98 Å². The van der Waals surface area contributed by atoms with Crippen LogP contribution in [-0.4, -0.2) is 9.97 Å². The van der Waals surface area contributed by atoms with Gasteiger partial charge in [-0.1, -0.05) is 133 Å². The molecule has 3 heteroatoms. The number of aromatic nitrogens is 2. The molecule has 2 heterocycles. The second-order valence-corrected chi connectivity index (χ2v) is 13.9. The number of hydrogen-bond donors (Lipinski definition) is 0. The van der Waals surface area contributed by atoms with E-state index in [2.05, 4.69) is 86.6 Å². The van der Waals surface area contributed by atoms with E-state index in [1.165, 1.54) is 128 Å². The van der Waals surface area contributed by atoms with Gasteiger partial charge in [-0.15, -0.1) is 11.3 Å². The smallest absolute Gasteiger partial charge is 0.124 e. The fourth-order valence-electron chi connectivity index (χ4n) is 7.39. The second kappa shape index (κ2) is 14.7. The molecule has 1 aliphatic carbocycles. The number of unbranched alkanes of at least 4 members (excludes halogenated alkanes) is 10. The number of rotatable bonds is 16. The van der Waals surface area contributed by atoms with Crippen LogP contribution in [0.25, 0.3) is 43.2 Å². The molecule has 0 radical (unpaired) electrons. The van der Waals surface area contributed by atoms with Gasteiger partial charge in [0.15, 0.2) is 0 Å². The summed E-state index contributed by atoms with van der Waals surface area (Å²) in [6.45, 7) is 4.62. The number of para-hydroxylation sites is 1. The number of fused-ring (bicyclic) bond motifs is 4. The highest BCUT2D eigenvalue weighted by Crippen LogP contribution is 2.56. The summed E-state index contributed by atoms with van der Waals surface area (Å²) in [5, 5.41) is 1.13. The third-order valence-corrected chi connectivity index (χ3v) is 10.9. The third kappa shape index (κ3) is 6.54. The first-order valence-corrected chi connectivity index (χ1v) is 18.1. The zero-order valence-electron chi connectivity index (χ0n) is 26.8. The largest absolute Gasteiger partial charge is 0.256 e. The monoisotopic (exact) mass is 600 g/mol. The molecule has 44 heavy (non-hydrogen) atoms. The van der Waals surface area contributed by atoms with Gasteiger partial charge in [0.1, 0.15) is 5.01 Å². The Morgan fingerprint density at radius 1 is 0.591 bits per heavy atom. The first-order valence-electron chi connectivity index (χ1n) is 17.3. The topological polar surface area (TPSA) is 25.8 Å². The summed E-state index contributed by atoms with van der Waals surface area (Å²) in [5.41, 5.74) is 10.6. The van der Waals surface area contributed by atoms with Crippen LogP contribution in [0.4, 0.5) is 0 Å². The molecule has 6 rings (SSSR count). The van der Waals surface area contributed by atoms with Gasteiger partial charge in [0.05, 0.1) is 15.9 Å². The van der Waals surface area contributed by atoms with E-state index in [0.29, 0.717) is 0 Å². The van der Waals surface area contributed by atoms with E-state index >= 15 is 0 Å². The van der Waals surface area contributed by atoms with Crippen molar-refractivity contribution in [1.29, 1.82) is 0 Å². The number of nitrogens with zero attached hydrogens (tertiary/aromatic N) is 2. The molecule has 0 saturated heterocycles. The minimum Gasteiger partial charge on any atom is -0.256 e. The molecule has 0 unspecified atom stereocenters. The van der Waals surface area contributed by atoms with Gasteiger partial charge < -0.3 is 0 Å². The normalized spacial score (nSPS) is 13.3. The molecule has 2 nitrogen and oxygen atoms in total. The Morgan fingerprint density at radius 3 is 1.82 bits per heavy atom. The quantitative estimate of drug-likeness (QED) is 0.105. The number of benzene rings is 3. The molecule has 0 amide bonds. The van der Waals surface area contributed by atoms with Crippen LogP contribution in [0.3, 0.4) is 0 Å². The molecule has 0 aliphatic heterocycles. The van der Waals surface area contributed by atoms with Crippen LogP contribution in [0.15, 0.2) is 85.1 Å². The Hall–Kier alpha value is -3.30. The second-order valence-electron chi connectivity index (χ2n) is 12.8. The summed E-state index contributed by atoms with van der Waals surface area (Å²) in [6, 6.07) is 29.2. The van der Waals surface area contributed by atoms with E-state index in [4.69, 9.17) is 9.97 Å². The molecule has 5 aromatic rings. The molecule has 0 bridgehead atoms. The third-order valence-electron chi connectivity index (χ3n) is 9.78. The summed E-state index contributed by atoms with van der Waals surface area (Å²) in [4.78, 5) is 9.82. The van der Waals surface area contributed by atoms with Gasteiger partial charge in [-0.05, 0) is 71.5 Å². The highest BCUT2D eigenvalue weighted by molar-refractivity contribution is 7.21. The molecule has 1 aliphatic rings. The molecule has 0 atom stereocenters. The van der Waals surface area contributed by atoms with Crippen molar-refractivity contribution in [1.82, 2.24) is 9.97 Å². The molecule has 228 valence electrons. The van der Waals surface area contributed by atoms with E-state index in [-0.39, 0.29) is 5.41 Å². The highest BCUT2D eigenvalue weighted by Gasteiger charge is 2.42. The minimum atomic E-state index is 0.0255. The fourth-order valence-corrected chi connectivity index (χ4v) is 8.36. The lowest BCUT2D eigenvalue weighted by molar-refractivity contribution is 0.398. The van der Waals surface area contributed by atoms with Crippen molar-refractivity contribution in [2.45, 2.75) is 109 Å². The minimum absolute atomic E-state index is 0.0255. The van der Waals surface area contributed by atoms with Crippen LogP contribution < -0.4 is 0 Å². The summed E-state index contributed by atoms with van der Waals surface area (Å²) in [5.74, 6) is 0. The van der Waals surface area contributed by atoms with E-state index < -0.39 is 0 Å². The molecule has 0 spiro atoms. The summed E-state index contributed by atoms with van der Waals surface area (Å²) in [6.07, 6.45) is 20.3. The lowest BCUT2D eigenvalue weighted by atomic mass is 9.70. The van der Waals surface area contributed by atoms with Gasteiger partial charge in [-0.2, -0.15) is 0 Å². The summed E-state index contributed by atoms with van der Waals surface area (Å²) in [7, 11) is 0. The van der Waals surface area contributed by atoms with Crippen molar-refractivity contribution in [2.75, 3.05) is 0 Å². The molecular formula is C41H48N2S. The zero-order chi connectivity index (χ0) is 30.2. The van der Waals surface area contributed by atoms with Crippen molar-refractivity contribution in [3.8, 4) is 33.0 Å². The Labute approximate surface area is 269 Å². The van der Waals surface area contributed by atoms with Crippen molar-refractivity contribution >= 4 is 21.6 Å². The van der Waals surface area contributed by atoms with Gasteiger partial charge in [-0.3, -0.25) is 4.98 Å². The van der Waals surface area contributed by atoms with Crippen LogP contribution in [0.5, 0.6) is 0 Å². The number of hydrogen-bond acceptors (Lipinski definition) is 3. The van der Waals surface area contributed by atoms with Crippen molar-refractivity contribution in [3.05, 3.63) is 96.2 Å². The molecule has 0 saturated carbocycles. The van der Waals surface area contributed by atoms with Crippen LogP contribution in [-0.2, 0) is 5.41 Å². The average Bonchev–Trinajstić information content (AvgIpc) is 3.62. The van der Waals surface area contributed by atoms with Gasteiger partial charge in [0.2, 0.25) is 0 Å². The number of pyridine rings is 1. The zero-order valence-corrected chi connectivity index (χ0v) is 27.6. The molecule has 3 aromatic carbocycles. The fraction of sp³-hybridized carbons (Fsp3) is 0.415. The van der Waals surface area contributed by atoms with Crippen molar-refractivity contribution in [3.63, 3.8) is 0 Å². The standard InChI is InChI=1S/C41H48N2S/c1-3-5-7-9-11-16-26-41(27-17-12-10-8-6-4-2)35-29-31(37-19-15-18-28-42-37)22-24-33(35)34-25-23-32(30-36(34)41)40-43-38-20-13-14-21-39(38)44-40/h13-15,18-25,28-30H,3-12,16-17,26-27H2,1-2H3. The first-order chi connectivity index (χ1) is 21.7. The summed E-state index contributed by atoms with van der Waals surface area (Å²) >= 11 is 1.82. The van der Waals surface area contributed by atoms with Crippen LogP contribution in [0, 0.1) is 0 Å². The number of thiazole rings is 1. The van der Waals surface area contributed by atoms with Crippen LogP contribution >= 0.6 is 11.3 Å². The average molecular weight is 601 g/mol. The molecular weight excluding hydrogens is 553 g/mol. The Balaban J connectivity index is 1.42. The molecule has 2 aromatic heterocycles. The Morgan fingerprint density at radius 2 is 1.18 bits per heavy atom.